The first-order valence-corrected chi connectivity index (χ1v) is 8.81. The Balaban J connectivity index is 2.29. The van der Waals surface area contributed by atoms with Crippen LogP contribution in [0.4, 0.5) is 5.82 Å². The number of ether oxygens (including phenoxy) is 1. The number of carbonyl (C=O) groups is 2. The molecule has 0 saturated carbocycles. The standard InChI is InChI=1S/C21H23N3O3/c1-6-27-21(26)17-12-18-16(15-7-9-22-19(11-15)23(4)5)8-10-24(18)20(13(17)2)14(3)25/h7-12H,6H2,1-5H3. The molecule has 0 aliphatic rings. The lowest BCUT2D eigenvalue weighted by atomic mass is 10.0. The maximum absolute atomic E-state index is 12.4. The molecule has 0 saturated heterocycles. The highest BCUT2D eigenvalue weighted by molar-refractivity contribution is 6.02. The van der Waals surface area contributed by atoms with Gasteiger partial charge in [0, 0.05) is 39.0 Å². The largest absolute Gasteiger partial charge is 0.462 e. The van der Waals surface area contributed by atoms with E-state index in [1.807, 2.05) is 47.8 Å². The Hall–Kier alpha value is -3.15. The average Bonchev–Trinajstić information content (AvgIpc) is 3.04. The highest BCUT2D eigenvalue weighted by Crippen LogP contribution is 2.31. The van der Waals surface area contributed by atoms with Crippen molar-refractivity contribution in [3.05, 3.63) is 53.5 Å². The van der Waals surface area contributed by atoms with Gasteiger partial charge in [-0.05, 0) is 49.2 Å². The Morgan fingerprint density at radius 2 is 1.96 bits per heavy atom. The van der Waals surface area contributed by atoms with E-state index in [0.717, 1.165) is 22.5 Å². The van der Waals surface area contributed by atoms with E-state index in [1.54, 1.807) is 26.1 Å². The zero-order chi connectivity index (χ0) is 19.7. The van der Waals surface area contributed by atoms with E-state index in [2.05, 4.69) is 4.98 Å². The van der Waals surface area contributed by atoms with Gasteiger partial charge in [0.15, 0.2) is 5.78 Å². The monoisotopic (exact) mass is 365 g/mol. The van der Waals surface area contributed by atoms with Crippen molar-refractivity contribution in [3.63, 3.8) is 0 Å². The van der Waals surface area contributed by atoms with Crippen LogP contribution in [0.5, 0.6) is 0 Å². The molecule has 6 nitrogen and oxygen atoms in total. The minimum Gasteiger partial charge on any atom is -0.462 e. The van der Waals surface area contributed by atoms with Crippen molar-refractivity contribution in [1.29, 1.82) is 0 Å². The summed E-state index contributed by atoms with van der Waals surface area (Å²) in [6, 6.07) is 7.64. The number of carbonyl (C=O) groups excluding carboxylic acids is 2. The number of ketones is 1. The molecular formula is C21H23N3O3. The van der Waals surface area contributed by atoms with E-state index in [-0.39, 0.29) is 12.4 Å². The van der Waals surface area contributed by atoms with Crippen LogP contribution in [0.2, 0.25) is 0 Å². The summed E-state index contributed by atoms with van der Waals surface area (Å²) in [7, 11) is 3.86. The summed E-state index contributed by atoms with van der Waals surface area (Å²) in [6.45, 7) is 5.33. The normalized spacial score (nSPS) is 10.9. The number of hydrogen-bond donors (Lipinski definition) is 0. The summed E-state index contributed by atoms with van der Waals surface area (Å²) in [5.74, 6) is 0.307. The molecule has 3 aromatic heterocycles. The number of pyridine rings is 2. The molecule has 6 heteroatoms. The van der Waals surface area contributed by atoms with Gasteiger partial charge in [0.05, 0.1) is 23.4 Å². The van der Waals surface area contributed by atoms with E-state index in [9.17, 15) is 9.59 Å². The molecule has 0 radical (unpaired) electrons. The molecule has 0 atom stereocenters. The predicted octanol–water partition coefficient (Wildman–Crippen LogP) is 3.76. The second-order valence-corrected chi connectivity index (χ2v) is 6.59. The minimum absolute atomic E-state index is 0.102. The van der Waals surface area contributed by atoms with Crippen LogP contribution in [0.15, 0.2) is 36.7 Å². The molecule has 0 spiro atoms. The first-order chi connectivity index (χ1) is 12.8. The van der Waals surface area contributed by atoms with Gasteiger partial charge < -0.3 is 14.0 Å². The molecule has 3 aromatic rings. The molecule has 0 aromatic carbocycles. The first-order valence-electron chi connectivity index (χ1n) is 8.81. The summed E-state index contributed by atoms with van der Waals surface area (Å²) < 4.78 is 7.03. The number of nitrogens with zero attached hydrogens (tertiary/aromatic N) is 3. The molecule has 0 N–H and O–H groups in total. The number of esters is 1. The van der Waals surface area contributed by atoms with Gasteiger partial charge in [-0.1, -0.05) is 0 Å². The third-order valence-corrected chi connectivity index (χ3v) is 4.55. The maximum atomic E-state index is 12.4. The Kier molecular flexibility index (Phi) is 4.99. The van der Waals surface area contributed by atoms with E-state index in [4.69, 9.17) is 4.74 Å². The lowest BCUT2D eigenvalue weighted by molar-refractivity contribution is 0.0525. The van der Waals surface area contributed by atoms with Crippen LogP contribution in [0, 0.1) is 6.92 Å². The van der Waals surface area contributed by atoms with Gasteiger partial charge in [0.1, 0.15) is 5.82 Å². The van der Waals surface area contributed by atoms with Gasteiger partial charge in [-0.3, -0.25) is 4.79 Å². The average molecular weight is 365 g/mol. The van der Waals surface area contributed by atoms with Crippen LogP contribution in [-0.4, -0.2) is 41.8 Å². The Bertz CT molecular complexity index is 1030. The van der Waals surface area contributed by atoms with Crippen molar-refractivity contribution < 1.29 is 14.3 Å². The van der Waals surface area contributed by atoms with Gasteiger partial charge in [0.2, 0.25) is 0 Å². The summed E-state index contributed by atoms with van der Waals surface area (Å²) in [6.07, 6.45) is 3.61. The van der Waals surface area contributed by atoms with Crippen LogP contribution in [-0.2, 0) is 4.74 Å². The van der Waals surface area contributed by atoms with Crippen molar-refractivity contribution >= 4 is 23.1 Å². The molecule has 0 aliphatic carbocycles. The van der Waals surface area contributed by atoms with Crippen LogP contribution in [0.3, 0.4) is 0 Å². The fourth-order valence-electron chi connectivity index (χ4n) is 3.27. The SMILES string of the molecule is CCOC(=O)c1cc2c(-c3ccnc(N(C)C)c3)ccn2c(C(C)=O)c1C. The van der Waals surface area contributed by atoms with Crippen molar-refractivity contribution in [3.8, 4) is 11.1 Å². The predicted molar refractivity (Wildman–Crippen MR) is 106 cm³/mol. The van der Waals surface area contributed by atoms with Crippen molar-refractivity contribution in [2.45, 2.75) is 20.8 Å². The third-order valence-electron chi connectivity index (χ3n) is 4.55. The number of anilines is 1. The van der Waals surface area contributed by atoms with Gasteiger partial charge in [-0.2, -0.15) is 0 Å². The van der Waals surface area contributed by atoms with Gasteiger partial charge >= 0.3 is 5.97 Å². The number of rotatable bonds is 5. The molecular weight excluding hydrogens is 342 g/mol. The number of aromatic nitrogens is 2. The lowest BCUT2D eigenvalue weighted by Crippen LogP contribution is -2.13. The van der Waals surface area contributed by atoms with Crippen molar-refractivity contribution in [2.24, 2.45) is 0 Å². The molecule has 3 heterocycles. The van der Waals surface area contributed by atoms with Crippen LogP contribution in [0.25, 0.3) is 16.6 Å². The third kappa shape index (κ3) is 3.30. The molecule has 140 valence electrons. The summed E-state index contributed by atoms with van der Waals surface area (Å²) in [4.78, 5) is 31.0. The maximum Gasteiger partial charge on any atom is 0.338 e. The number of Topliss-reactive ketones (excluding diaryl/α,β-unsaturated/α-hetero) is 1. The van der Waals surface area contributed by atoms with Crippen LogP contribution < -0.4 is 4.90 Å². The smallest absolute Gasteiger partial charge is 0.338 e. The fourth-order valence-corrected chi connectivity index (χ4v) is 3.27. The molecule has 0 unspecified atom stereocenters. The van der Waals surface area contributed by atoms with Crippen molar-refractivity contribution in [2.75, 3.05) is 25.6 Å². The van der Waals surface area contributed by atoms with E-state index in [1.165, 1.54) is 6.92 Å². The highest BCUT2D eigenvalue weighted by Gasteiger charge is 2.21. The molecule has 0 bridgehead atoms. The van der Waals surface area contributed by atoms with Gasteiger partial charge in [-0.15, -0.1) is 0 Å². The molecule has 0 amide bonds. The van der Waals surface area contributed by atoms with E-state index >= 15 is 0 Å². The molecule has 27 heavy (non-hydrogen) atoms. The van der Waals surface area contributed by atoms with Crippen LogP contribution in [0.1, 0.15) is 40.3 Å². The quantitative estimate of drug-likeness (QED) is 0.509. The summed E-state index contributed by atoms with van der Waals surface area (Å²) in [5, 5.41) is 0. The summed E-state index contributed by atoms with van der Waals surface area (Å²) in [5.41, 5.74) is 4.20. The Labute approximate surface area is 158 Å². The zero-order valence-electron chi connectivity index (χ0n) is 16.2. The lowest BCUT2D eigenvalue weighted by Gasteiger charge is -2.14. The van der Waals surface area contributed by atoms with Crippen molar-refractivity contribution in [1.82, 2.24) is 9.38 Å². The zero-order valence-corrected chi connectivity index (χ0v) is 16.2. The first kappa shape index (κ1) is 18.6. The molecule has 0 aliphatic heterocycles. The Morgan fingerprint density at radius 3 is 2.59 bits per heavy atom. The van der Waals surface area contributed by atoms with E-state index in [0.29, 0.717) is 16.8 Å². The highest BCUT2D eigenvalue weighted by atomic mass is 16.5. The van der Waals surface area contributed by atoms with Gasteiger partial charge in [0.25, 0.3) is 0 Å². The minimum atomic E-state index is -0.421. The van der Waals surface area contributed by atoms with Crippen LogP contribution >= 0.6 is 0 Å². The number of fused-ring (bicyclic) bond motifs is 1. The van der Waals surface area contributed by atoms with E-state index < -0.39 is 5.97 Å². The number of hydrogen-bond acceptors (Lipinski definition) is 5. The van der Waals surface area contributed by atoms with Gasteiger partial charge in [-0.25, -0.2) is 9.78 Å². The topological polar surface area (TPSA) is 63.9 Å². The Morgan fingerprint density at radius 1 is 1.22 bits per heavy atom. The molecule has 3 rings (SSSR count). The second-order valence-electron chi connectivity index (χ2n) is 6.59. The fraction of sp³-hybridized carbons (Fsp3) is 0.286. The summed E-state index contributed by atoms with van der Waals surface area (Å²) >= 11 is 0. The second kappa shape index (κ2) is 7.23. The molecule has 0 fully saturated rings.